The van der Waals surface area contributed by atoms with Gasteiger partial charge in [0.25, 0.3) is 0 Å². The van der Waals surface area contributed by atoms with Crippen molar-refractivity contribution in [3.05, 3.63) is 29.0 Å². The monoisotopic (exact) mass is 240 g/mol. The third kappa shape index (κ3) is 2.94. The number of nitrogens with zero attached hydrogens (tertiary/aromatic N) is 2. The van der Waals surface area contributed by atoms with Crippen LogP contribution in [0.25, 0.3) is 0 Å². The lowest BCUT2D eigenvalue weighted by molar-refractivity contribution is -0.0127. The Balaban J connectivity index is 2.02. The second-order valence-electron chi connectivity index (χ2n) is 4.09. The minimum atomic E-state index is 0.528. The number of pyridine rings is 1. The SMILES string of the molecule is CCC1COCCN1Cc1ccnc(Cl)c1. The smallest absolute Gasteiger partial charge is 0.129 e. The van der Waals surface area contributed by atoms with E-state index in [1.54, 1.807) is 6.20 Å². The maximum Gasteiger partial charge on any atom is 0.129 e. The molecule has 0 aliphatic carbocycles. The summed E-state index contributed by atoms with van der Waals surface area (Å²) in [5.74, 6) is 0. The fourth-order valence-electron chi connectivity index (χ4n) is 2.05. The van der Waals surface area contributed by atoms with Crippen LogP contribution < -0.4 is 0 Å². The molecule has 2 rings (SSSR count). The molecule has 1 saturated heterocycles. The summed E-state index contributed by atoms with van der Waals surface area (Å²) in [6.07, 6.45) is 2.89. The molecule has 1 fully saturated rings. The zero-order valence-corrected chi connectivity index (χ0v) is 10.3. The molecule has 1 aliphatic rings. The number of hydrogen-bond acceptors (Lipinski definition) is 3. The van der Waals surface area contributed by atoms with Gasteiger partial charge in [0.15, 0.2) is 0 Å². The largest absolute Gasteiger partial charge is 0.378 e. The van der Waals surface area contributed by atoms with Gasteiger partial charge < -0.3 is 4.74 Å². The Bertz CT molecular complexity index is 346. The van der Waals surface area contributed by atoms with E-state index in [0.29, 0.717) is 11.2 Å². The van der Waals surface area contributed by atoms with Gasteiger partial charge >= 0.3 is 0 Å². The van der Waals surface area contributed by atoms with E-state index in [1.807, 2.05) is 12.1 Å². The number of morpholine rings is 1. The van der Waals surface area contributed by atoms with E-state index in [9.17, 15) is 0 Å². The highest BCUT2D eigenvalue weighted by atomic mass is 35.5. The van der Waals surface area contributed by atoms with Gasteiger partial charge in [-0.15, -0.1) is 0 Å². The van der Waals surface area contributed by atoms with Crippen molar-refractivity contribution in [1.29, 1.82) is 0 Å². The molecule has 16 heavy (non-hydrogen) atoms. The highest BCUT2D eigenvalue weighted by Crippen LogP contribution is 2.15. The maximum absolute atomic E-state index is 5.88. The van der Waals surface area contributed by atoms with E-state index in [-0.39, 0.29) is 0 Å². The summed E-state index contributed by atoms with van der Waals surface area (Å²) in [6, 6.07) is 4.48. The van der Waals surface area contributed by atoms with Crippen LogP contribution in [-0.2, 0) is 11.3 Å². The Hall–Kier alpha value is -0.640. The van der Waals surface area contributed by atoms with Crippen LogP contribution in [0.1, 0.15) is 18.9 Å². The molecule has 0 aromatic carbocycles. The average molecular weight is 241 g/mol. The first-order valence-corrected chi connectivity index (χ1v) is 6.09. The van der Waals surface area contributed by atoms with Crippen LogP contribution in [0, 0.1) is 0 Å². The zero-order valence-electron chi connectivity index (χ0n) is 9.53. The van der Waals surface area contributed by atoms with Gasteiger partial charge in [0, 0.05) is 25.3 Å². The summed E-state index contributed by atoms with van der Waals surface area (Å²) in [4.78, 5) is 6.45. The van der Waals surface area contributed by atoms with Crippen molar-refractivity contribution in [3.63, 3.8) is 0 Å². The van der Waals surface area contributed by atoms with Crippen LogP contribution in [0.2, 0.25) is 5.15 Å². The Labute approximate surface area is 101 Å². The Morgan fingerprint density at radius 3 is 3.25 bits per heavy atom. The van der Waals surface area contributed by atoms with E-state index in [0.717, 1.165) is 32.7 Å². The zero-order chi connectivity index (χ0) is 11.4. The summed E-state index contributed by atoms with van der Waals surface area (Å²) in [5.41, 5.74) is 1.22. The van der Waals surface area contributed by atoms with Gasteiger partial charge in [0.05, 0.1) is 13.2 Å². The minimum absolute atomic E-state index is 0.528. The normalized spacial score (nSPS) is 22.2. The van der Waals surface area contributed by atoms with Gasteiger partial charge in [-0.2, -0.15) is 0 Å². The van der Waals surface area contributed by atoms with Crippen molar-refractivity contribution in [2.75, 3.05) is 19.8 Å². The van der Waals surface area contributed by atoms with Crippen molar-refractivity contribution in [2.24, 2.45) is 0 Å². The quantitative estimate of drug-likeness (QED) is 0.759. The predicted octanol–water partition coefficient (Wildman–Crippen LogP) is 2.35. The molecule has 2 heterocycles. The van der Waals surface area contributed by atoms with Crippen molar-refractivity contribution < 1.29 is 4.74 Å². The van der Waals surface area contributed by atoms with Crippen LogP contribution >= 0.6 is 11.6 Å². The molecule has 0 bridgehead atoms. The molecule has 0 saturated carbocycles. The first-order chi connectivity index (χ1) is 7.79. The molecule has 0 N–H and O–H groups in total. The molecule has 0 spiro atoms. The average Bonchev–Trinajstić information content (AvgIpc) is 2.30. The summed E-state index contributed by atoms with van der Waals surface area (Å²) >= 11 is 5.88. The molecule has 1 aromatic heterocycles. The third-order valence-corrected chi connectivity index (χ3v) is 3.20. The fraction of sp³-hybridized carbons (Fsp3) is 0.583. The van der Waals surface area contributed by atoms with Crippen molar-refractivity contribution >= 4 is 11.6 Å². The summed E-state index contributed by atoms with van der Waals surface area (Å²) in [7, 11) is 0. The van der Waals surface area contributed by atoms with Gasteiger partial charge in [0.1, 0.15) is 5.15 Å². The first kappa shape index (κ1) is 11.8. The van der Waals surface area contributed by atoms with Crippen molar-refractivity contribution in [3.8, 4) is 0 Å². The number of aromatic nitrogens is 1. The highest BCUT2D eigenvalue weighted by Gasteiger charge is 2.21. The Morgan fingerprint density at radius 2 is 2.50 bits per heavy atom. The molecule has 0 amide bonds. The third-order valence-electron chi connectivity index (χ3n) is 3.00. The minimum Gasteiger partial charge on any atom is -0.378 e. The van der Waals surface area contributed by atoms with Gasteiger partial charge in [-0.3, -0.25) is 4.90 Å². The maximum atomic E-state index is 5.88. The van der Waals surface area contributed by atoms with E-state index < -0.39 is 0 Å². The van der Waals surface area contributed by atoms with Crippen LogP contribution in [0.3, 0.4) is 0 Å². The second kappa shape index (κ2) is 5.62. The molecule has 4 heteroatoms. The van der Waals surface area contributed by atoms with Crippen molar-refractivity contribution in [1.82, 2.24) is 9.88 Å². The Morgan fingerprint density at radius 1 is 1.62 bits per heavy atom. The molecule has 3 nitrogen and oxygen atoms in total. The standard InChI is InChI=1S/C12H17ClN2O/c1-2-11-9-16-6-5-15(11)8-10-3-4-14-12(13)7-10/h3-4,7,11H,2,5-6,8-9H2,1H3. The summed E-state index contributed by atoms with van der Waals surface area (Å²) in [6.45, 7) is 5.80. The van der Waals surface area contributed by atoms with Gasteiger partial charge in [-0.1, -0.05) is 18.5 Å². The Kier molecular flexibility index (Phi) is 4.16. The molecule has 1 aliphatic heterocycles. The molecular formula is C12H17ClN2O. The number of halogens is 1. The lowest BCUT2D eigenvalue weighted by Crippen LogP contribution is -2.44. The fourth-order valence-corrected chi connectivity index (χ4v) is 2.25. The van der Waals surface area contributed by atoms with Crippen molar-refractivity contribution in [2.45, 2.75) is 25.9 Å². The van der Waals surface area contributed by atoms with Crippen LogP contribution in [0.4, 0.5) is 0 Å². The van der Waals surface area contributed by atoms with Gasteiger partial charge in [0.2, 0.25) is 0 Å². The van der Waals surface area contributed by atoms with Crippen LogP contribution in [-0.4, -0.2) is 35.7 Å². The highest BCUT2D eigenvalue weighted by molar-refractivity contribution is 6.29. The van der Waals surface area contributed by atoms with E-state index >= 15 is 0 Å². The summed E-state index contributed by atoms with van der Waals surface area (Å²) < 4.78 is 5.48. The first-order valence-electron chi connectivity index (χ1n) is 5.72. The molecule has 0 radical (unpaired) electrons. The van der Waals surface area contributed by atoms with E-state index in [4.69, 9.17) is 16.3 Å². The molecule has 1 aromatic rings. The molecular weight excluding hydrogens is 224 g/mol. The summed E-state index contributed by atoms with van der Waals surface area (Å²) in [5, 5.41) is 0.568. The number of rotatable bonds is 3. The molecule has 1 unspecified atom stereocenters. The van der Waals surface area contributed by atoms with Crippen LogP contribution in [0.15, 0.2) is 18.3 Å². The predicted molar refractivity (Wildman–Crippen MR) is 64.6 cm³/mol. The molecule has 88 valence electrons. The number of hydrogen-bond donors (Lipinski definition) is 0. The van der Waals surface area contributed by atoms with E-state index in [2.05, 4.69) is 16.8 Å². The lowest BCUT2D eigenvalue weighted by Gasteiger charge is -2.35. The lowest BCUT2D eigenvalue weighted by atomic mass is 10.1. The van der Waals surface area contributed by atoms with E-state index in [1.165, 1.54) is 5.56 Å². The van der Waals surface area contributed by atoms with Gasteiger partial charge in [-0.25, -0.2) is 4.98 Å². The number of ether oxygens (including phenoxy) is 1. The molecule has 1 atom stereocenters. The van der Waals surface area contributed by atoms with Crippen LogP contribution in [0.5, 0.6) is 0 Å². The van der Waals surface area contributed by atoms with Gasteiger partial charge in [-0.05, 0) is 24.1 Å². The topological polar surface area (TPSA) is 25.4 Å². The second-order valence-corrected chi connectivity index (χ2v) is 4.48.